The highest BCUT2D eigenvalue weighted by Crippen LogP contribution is 2.24. The fraction of sp³-hybridized carbons (Fsp3) is 1.00. The molecule has 0 radical (unpaired) electrons. The van der Waals surface area contributed by atoms with Crippen molar-refractivity contribution < 1.29 is 17.9 Å². The molecule has 0 aromatic heterocycles. The molecule has 0 bridgehead atoms. The molecule has 0 atom stereocenters. The van der Waals surface area contributed by atoms with Gasteiger partial charge in [0, 0.05) is 32.9 Å². The summed E-state index contributed by atoms with van der Waals surface area (Å²) < 4.78 is 37.6. The van der Waals surface area contributed by atoms with Crippen LogP contribution in [-0.2, 0) is 19.5 Å². The lowest BCUT2D eigenvalue weighted by atomic mass is 10.1. The van der Waals surface area contributed by atoms with Crippen LogP contribution in [-0.4, -0.2) is 63.5 Å². The number of nitrogens with two attached hydrogens (primary N) is 1. The minimum absolute atomic E-state index is 0.183. The molecular formula is C13H26N2O4S. The Hall–Kier alpha value is -0.210. The van der Waals surface area contributed by atoms with Gasteiger partial charge in [-0.25, -0.2) is 12.7 Å². The molecular weight excluding hydrogens is 280 g/mol. The van der Waals surface area contributed by atoms with E-state index in [1.54, 1.807) is 4.31 Å². The van der Waals surface area contributed by atoms with Gasteiger partial charge in [0.2, 0.25) is 10.0 Å². The van der Waals surface area contributed by atoms with Gasteiger partial charge in [-0.15, -0.1) is 0 Å². The number of sulfonamides is 1. The number of hydrogen-bond donors (Lipinski definition) is 1. The highest BCUT2D eigenvalue weighted by Gasteiger charge is 2.35. The topological polar surface area (TPSA) is 81.9 Å². The van der Waals surface area contributed by atoms with Crippen LogP contribution in [0.2, 0.25) is 0 Å². The smallest absolute Gasteiger partial charge is 0.217 e. The number of rotatable bonds is 6. The molecule has 2 aliphatic heterocycles. The van der Waals surface area contributed by atoms with Crippen LogP contribution in [0.25, 0.3) is 0 Å². The van der Waals surface area contributed by atoms with E-state index in [2.05, 4.69) is 0 Å². The summed E-state index contributed by atoms with van der Waals surface area (Å²) in [5.41, 5.74) is 5.43. The van der Waals surface area contributed by atoms with E-state index >= 15 is 0 Å². The zero-order chi connectivity index (χ0) is 14.4. The second-order valence-corrected chi connectivity index (χ2v) is 7.68. The van der Waals surface area contributed by atoms with Gasteiger partial charge >= 0.3 is 0 Å². The second-order valence-electron chi connectivity index (χ2n) is 5.47. The van der Waals surface area contributed by atoms with Crippen LogP contribution >= 0.6 is 0 Å². The lowest BCUT2D eigenvalue weighted by Gasteiger charge is -2.34. The molecule has 0 aromatic carbocycles. The Kier molecular flexibility index (Phi) is 6.22. The summed E-state index contributed by atoms with van der Waals surface area (Å²) in [4.78, 5) is 0. The molecule has 2 heterocycles. The first-order chi connectivity index (χ1) is 9.64. The van der Waals surface area contributed by atoms with Crippen LogP contribution < -0.4 is 5.73 Å². The minimum Gasteiger partial charge on any atom is -0.381 e. The van der Waals surface area contributed by atoms with Crippen molar-refractivity contribution in [2.45, 2.75) is 43.5 Å². The summed E-state index contributed by atoms with van der Waals surface area (Å²) in [6, 6.07) is 0. The SMILES string of the molecule is NCCCOC1CCN(S(=O)(=O)C2CCOCC2)CC1. The Morgan fingerprint density at radius 3 is 2.40 bits per heavy atom. The van der Waals surface area contributed by atoms with Crippen molar-refractivity contribution >= 4 is 10.0 Å². The standard InChI is InChI=1S/C13H26N2O4S/c14-6-1-9-19-12-2-7-15(8-3-12)20(16,17)13-4-10-18-11-5-13/h12-13H,1-11,14H2. The summed E-state index contributed by atoms with van der Waals surface area (Å²) >= 11 is 0. The zero-order valence-electron chi connectivity index (χ0n) is 12.0. The first-order valence-electron chi connectivity index (χ1n) is 7.53. The molecule has 0 amide bonds. The van der Waals surface area contributed by atoms with E-state index in [0.29, 0.717) is 52.3 Å². The van der Waals surface area contributed by atoms with Crippen LogP contribution in [0.5, 0.6) is 0 Å². The molecule has 0 aromatic rings. The summed E-state index contributed by atoms with van der Waals surface area (Å²) in [7, 11) is -3.16. The van der Waals surface area contributed by atoms with E-state index in [-0.39, 0.29) is 11.4 Å². The first-order valence-corrected chi connectivity index (χ1v) is 9.03. The fourth-order valence-corrected chi connectivity index (χ4v) is 4.70. The van der Waals surface area contributed by atoms with Crippen molar-refractivity contribution in [3.8, 4) is 0 Å². The van der Waals surface area contributed by atoms with Crippen LogP contribution in [0, 0.1) is 0 Å². The van der Waals surface area contributed by atoms with Gasteiger partial charge < -0.3 is 15.2 Å². The van der Waals surface area contributed by atoms with Crippen LogP contribution in [0.4, 0.5) is 0 Å². The van der Waals surface area contributed by atoms with Gasteiger partial charge in [0.1, 0.15) is 0 Å². The molecule has 2 rings (SSSR count). The van der Waals surface area contributed by atoms with E-state index in [0.717, 1.165) is 19.3 Å². The molecule has 2 N–H and O–H groups in total. The number of hydrogen-bond acceptors (Lipinski definition) is 5. The summed E-state index contributed by atoms with van der Waals surface area (Å²) in [5.74, 6) is 0. The Morgan fingerprint density at radius 1 is 1.15 bits per heavy atom. The van der Waals surface area contributed by atoms with Gasteiger partial charge in [-0.2, -0.15) is 0 Å². The average Bonchev–Trinajstić information content (AvgIpc) is 2.49. The van der Waals surface area contributed by atoms with Crippen molar-refractivity contribution in [2.24, 2.45) is 5.73 Å². The normalized spacial score (nSPS) is 24.1. The molecule has 0 aliphatic carbocycles. The van der Waals surface area contributed by atoms with Crippen molar-refractivity contribution in [1.82, 2.24) is 4.31 Å². The summed E-state index contributed by atoms with van der Waals surface area (Å²) in [6.07, 6.45) is 3.85. The van der Waals surface area contributed by atoms with Gasteiger partial charge in [-0.3, -0.25) is 0 Å². The Bertz CT molecular complexity index is 374. The molecule has 118 valence electrons. The first kappa shape index (κ1) is 16.2. The molecule has 0 spiro atoms. The molecule has 0 saturated carbocycles. The van der Waals surface area contributed by atoms with Crippen molar-refractivity contribution in [3.05, 3.63) is 0 Å². The zero-order valence-corrected chi connectivity index (χ0v) is 12.8. The highest BCUT2D eigenvalue weighted by atomic mass is 32.2. The summed E-state index contributed by atoms with van der Waals surface area (Å²) in [5, 5.41) is -0.258. The Morgan fingerprint density at radius 2 is 1.80 bits per heavy atom. The number of piperidine rings is 1. The molecule has 2 saturated heterocycles. The predicted octanol–water partition coefficient (Wildman–Crippen LogP) is 0.325. The van der Waals surface area contributed by atoms with E-state index in [4.69, 9.17) is 15.2 Å². The lowest BCUT2D eigenvalue weighted by Crippen LogP contribution is -2.46. The Labute approximate surface area is 121 Å². The fourth-order valence-electron chi connectivity index (χ4n) is 2.77. The predicted molar refractivity (Wildman–Crippen MR) is 77.0 cm³/mol. The third-order valence-electron chi connectivity index (χ3n) is 4.05. The quantitative estimate of drug-likeness (QED) is 0.715. The van der Waals surface area contributed by atoms with Crippen molar-refractivity contribution in [2.75, 3.05) is 39.5 Å². The number of nitrogens with zero attached hydrogens (tertiary/aromatic N) is 1. The molecule has 7 heteroatoms. The maximum Gasteiger partial charge on any atom is 0.217 e. The van der Waals surface area contributed by atoms with Crippen molar-refractivity contribution in [3.63, 3.8) is 0 Å². The monoisotopic (exact) mass is 306 g/mol. The van der Waals surface area contributed by atoms with Gasteiger partial charge in [0.15, 0.2) is 0 Å². The van der Waals surface area contributed by atoms with Crippen molar-refractivity contribution in [1.29, 1.82) is 0 Å². The van der Waals surface area contributed by atoms with Gasteiger partial charge in [0.05, 0.1) is 11.4 Å². The van der Waals surface area contributed by atoms with E-state index in [1.165, 1.54) is 0 Å². The van der Waals surface area contributed by atoms with E-state index in [9.17, 15) is 8.42 Å². The second kappa shape index (κ2) is 7.70. The van der Waals surface area contributed by atoms with Gasteiger partial charge in [0.25, 0.3) is 0 Å². The number of ether oxygens (including phenoxy) is 2. The van der Waals surface area contributed by atoms with Crippen LogP contribution in [0.15, 0.2) is 0 Å². The minimum atomic E-state index is -3.16. The van der Waals surface area contributed by atoms with Crippen LogP contribution in [0.3, 0.4) is 0 Å². The molecule has 0 unspecified atom stereocenters. The molecule has 2 fully saturated rings. The lowest BCUT2D eigenvalue weighted by molar-refractivity contribution is 0.0204. The third-order valence-corrected chi connectivity index (χ3v) is 6.45. The Balaban J connectivity index is 1.80. The summed E-state index contributed by atoms with van der Waals surface area (Å²) in [6.45, 7) is 3.58. The average molecular weight is 306 g/mol. The van der Waals surface area contributed by atoms with E-state index < -0.39 is 10.0 Å². The van der Waals surface area contributed by atoms with E-state index in [1.807, 2.05) is 0 Å². The maximum absolute atomic E-state index is 12.5. The third kappa shape index (κ3) is 4.14. The van der Waals surface area contributed by atoms with Crippen LogP contribution in [0.1, 0.15) is 32.1 Å². The molecule has 20 heavy (non-hydrogen) atoms. The maximum atomic E-state index is 12.5. The van der Waals surface area contributed by atoms with Gasteiger partial charge in [-0.05, 0) is 38.6 Å². The largest absolute Gasteiger partial charge is 0.381 e. The highest BCUT2D eigenvalue weighted by molar-refractivity contribution is 7.89. The van der Waals surface area contributed by atoms with Gasteiger partial charge in [-0.1, -0.05) is 0 Å². The molecule has 6 nitrogen and oxygen atoms in total. The molecule has 2 aliphatic rings.